The van der Waals surface area contributed by atoms with Crippen molar-refractivity contribution >= 4 is 29.1 Å². The van der Waals surface area contributed by atoms with Crippen LogP contribution in [0.3, 0.4) is 0 Å². The van der Waals surface area contributed by atoms with Crippen LogP contribution in [0.5, 0.6) is 0 Å². The summed E-state index contributed by atoms with van der Waals surface area (Å²) in [6, 6.07) is 20.2. The van der Waals surface area contributed by atoms with Gasteiger partial charge < -0.3 is 9.73 Å². The molecule has 0 spiro atoms. The largest absolute Gasteiger partial charge is 0.444 e. The van der Waals surface area contributed by atoms with Crippen LogP contribution in [0.2, 0.25) is 0 Å². The van der Waals surface area contributed by atoms with Gasteiger partial charge in [0.1, 0.15) is 0 Å². The van der Waals surface area contributed by atoms with Crippen LogP contribution in [-0.2, 0) is 0 Å². The van der Waals surface area contributed by atoms with E-state index in [1.54, 1.807) is 79.0 Å². The maximum Gasteiger partial charge on any atom is 0.266 e. The van der Waals surface area contributed by atoms with Crippen LogP contribution < -0.4 is 10.2 Å². The number of nitrogens with one attached hydrogen (secondary N) is 1. The van der Waals surface area contributed by atoms with E-state index in [2.05, 4.69) is 10.3 Å². The minimum atomic E-state index is -0.382. The number of hydrogen-bond donors (Lipinski definition) is 1. The summed E-state index contributed by atoms with van der Waals surface area (Å²) in [5.74, 6) is -0.469. The maximum absolute atomic E-state index is 12.7. The van der Waals surface area contributed by atoms with Crippen molar-refractivity contribution in [1.82, 2.24) is 4.98 Å². The quantitative estimate of drug-likeness (QED) is 0.505. The molecule has 3 amide bonds. The molecule has 0 bridgehead atoms. The van der Waals surface area contributed by atoms with Crippen LogP contribution in [0.1, 0.15) is 31.1 Å². The zero-order chi connectivity index (χ0) is 21.4. The second-order valence-electron chi connectivity index (χ2n) is 6.94. The fourth-order valence-corrected chi connectivity index (χ4v) is 3.49. The Kier molecular flexibility index (Phi) is 4.41. The zero-order valence-electron chi connectivity index (χ0n) is 16.1. The Balaban J connectivity index is 1.36. The van der Waals surface area contributed by atoms with Crippen molar-refractivity contribution in [1.29, 1.82) is 0 Å². The van der Waals surface area contributed by atoms with E-state index in [4.69, 9.17) is 4.42 Å². The zero-order valence-corrected chi connectivity index (χ0v) is 16.1. The van der Waals surface area contributed by atoms with Crippen LogP contribution in [0.15, 0.2) is 89.8 Å². The first-order valence-corrected chi connectivity index (χ1v) is 9.50. The Bertz CT molecular complexity index is 1280. The number of aromatic nitrogens is 1. The predicted molar refractivity (Wildman–Crippen MR) is 114 cm³/mol. The molecule has 4 aromatic rings. The molecule has 2 heterocycles. The molecule has 0 saturated heterocycles. The van der Waals surface area contributed by atoms with Crippen molar-refractivity contribution in [3.63, 3.8) is 0 Å². The lowest BCUT2D eigenvalue weighted by atomic mass is 10.1. The molecule has 0 radical (unpaired) electrons. The SMILES string of the molecule is O=C(Nc1cccc(N2C(=O)c3ccccc3C2=O)c1)c1ccc(-c2cnco2)cc1. The van der Waals surface area contributed by atoms with Gasteiger partial charge in [-0.25, -0.2) is 9.88 Å². The van der Waals surface area contributed by atoms with E-state index in [1.165, 1.54) is 6.39 Å². The van der Waals surface area contributed by atoms with Gasteiger partial charge in [-0.2, -0.15) is 0 Å². The molecule has 7 heteroatoms. The monoisotopic (exact) mass is 409 g/mol. The van der Waals surface area contributed by atoms with Gasteiger partial charge >= 0.3 is 0 Å². The lowest BCUT2D eigenvalue weighted by Gasteiger charge is -2.15. The molecular formula is C24H15N3O4. The maximum atomic E-state index is 12.7. The molecular weight excluding hydrogens is 394 g/mol. The summed E-state index contributed by atoms with van der Waals surface area (Å²) in [4.78, 5) is 43.0. The van der Waals surface area contributed by atoms with Crippen molar-refractivity contribution in [2.45, 2.75) is 0 Å². The van der Waals surface area contributed by atoms with Gasteiger partial charge in [-0.3, -0.25) is 14.4 Å². The number of carbonyl (C=O) groups is 3. The molecule has 0 atom stereocenters. The Hall–Kier alpha value is -4.52. The third kappa shape index (κ3) is 3.28. The summed E-state index contributed by atoms with van der Waals surface area (Å²) in [6.07, 6.45) is 2.94. The number of rotatable bonds is 4. The molecule has 1 aliphatic heterocycles. The van der Waals surface area contributed by atoms with Crippen molar-refractivity contribution in [3.8, 4) is 11.3 Å². The van der Waals surface area contributed by atoms with Crippen molar-refractivity contribution in [3.05, 3.63) is 102 Å². The van der Waals surface area contributed by atoms with Crippen LogP contribution >= 0.6 is 0 Å². The molecule has 0 unspecified atom stereocenters. The standard InChI is InChI=1S/C24H15N3O4/c28-22(16-10-8-15(9-11-16)21-13-25-14-31-21)26-17-4-3-5-18(12-17)27-23(29)19-6-1-2-7-20(19)24(27)30/h1-14H,(H,26,28). The Morgan fingerprint density at radius 1 is 0.871 bits per heavy atom. The number of fused-ring (bicyclic) bond motifs is 1. The van der Waals surface area contributed by atoms with Gasteiger partial charge in [0.2, 0.25) is 0 Å². The minimum absolute atomic E-state index is 0.316. The van der Waals surface area contributed by atoms with Gasteiger partial charge in [0.05, 0.1) is 23.0 Å². The lowest BCUT2D eigenvalue weighted by molar-refractivity contribution is 0.0925. The van der Waals surface area contributed by atoms with Gasteiger partial charge in [-0.05, 0) is 42.5 Å². The predicted octanol–water partition coefficient (Wildman–Crippen LogP) is 4.39. The summed E-state index contributed by atoms with van der Waals surface area (Å²) in [7, 11) is 0. The molecule has 3 aromatic carbocycles. The third-order valence-electron chi connectivity index (χ3n) is 5.02. The molecule has 5 rings (SSSR count). The Morgan fingerprint density at radius 3 is 2.23 bits per heavy atom. The molecule has 7 nitrogen and oxygen atoms in total. The van der Waals surface area contributed by atoms with Gasteiger partial charge in [0.25, 0.3) is 17.7 Å². The normalized spacial score (nSPS) is 12.7. The average Bonchev–Trinajstić information content (AvgIpc) is 3.42. The number of nitrogens with zero attached hydrogens (tertiary/aromatic N) is 2. The fourth-order valence-electron chi connectivity index (χ4n) is 3.49. The number of oxazole rings is 1. The summed E-state index contributed by atoms with van der Waals surface area (Å²) >= 11 is 0. The second-order valence-corrected chi connectivity index (χ2v) is 6.94. The molecule has 1 aromatic heterocycles. The van der Waals surface area contributed by atoms with Crippen LogP contribution in [0.4, 0.5) is 11.4 Å². The van der Waals surface area contributed by atoms with E-state index < -0.39 is 0 Å². The highest BCUT2D eigenvalue weighted by Gasteiger charge is 2.36. The summed E-state index contributed by atoms with van der Waals surface area (Å²) in [6.45, 7) is 0. The second kappa shape index (κ2) is 7.38. The number of imide groups is 1. The van der Waals surface area contributed by atoms with E-state index in [-0.39, 0.29) is 17.7 Å². The minimum Gasteiger partial charge on any atom is -0.444 e. The summed E-state index contributed by atoms with van der Waals surface area (Å²) in [5.41, 5.74) is 2.86. The van der Waals surface area contributed by atoms with E-state index in [1.807, 2.05) is 0 Å². The van der Waals surface area contributed by atoms with Crippen LogP contribution in [0.25, 0.3) is 11.3 Å². The third-order valence-corrected chi connectivity index (χ3v) is 5.02. The number of amides is 3. The highest BCUT2D eigenvalue weighted by atomic mass is 16.3. The van der Waals surface area contributed by atoms with Crippen molar-refractivity contribution in [2.75, 3.05) is 10.2 Å². The number of carbonyl (C=O) groups excluding carboxylic acids is 3. The Morgan fingerprint density at radius 2 is 1.58 bits per heavy atom. The summed E-state index contributed by atoms with van der Waals surface area (Å²) in [5, 5.41) is 2.80. The van der Waals surface area contributed by atoms with Crippen molar-refractivity contribution in [2.24, 2.45) is 0 Å². The van der Waals surface area contributed by atoms with Gasteiger partial charge in [0, 0.05) is 16.8 Å². The first kappa shape index (κ1) is 18.5. The van der Waals surface area contributed by atoms with Crippen molar-refractivity contribution < 1.29 is 18.8 Å². The molecule has 150 valence electrons. The topological polar surface area (TPSA) is 92.5 Å². The fraction of sp³-hybridized carbons (Fsp3) is 0. The lowest BCUT2D eigenvalue weighted by Crippen LogP contribution is -2.29. The number of hydrogen-bond acceptors (Lipinski definition) is 5. The van der Waals surface area contributed by atoms with Crippen LogP contribution in [0, 0.1) is 0 Å². The number of anilines is 2. The molecule has 1 N–H and O–H groups in total. The highest BCUT2D eigenvalue weighted by Crippen LogP contribution is 2.30. The molecule has 0 aliphatic carbocycles. The Labute approximate surface area is 176 Å². The van der Waals surface area contributed by atoms with Gasteiger partial charge in [-0.1, -0.05) is 30.3 Å². The molecule has 1 aliphatic rings. The van der Waals surface area contributed by atoms with E-state index >= 15 is 0 Å². The molecule has 31 heavy (non-hydrogen) atoms. The summed E-state index contributed by atoms with van der Waals surface area (Å²) < 4.78 is 5.25. The van der Waals surface area contributed by atoms with Gasteiger partial charge in [-0.15, -0.1) is 0 Å². The highest BCUT2D eigenvalue weighted by molar-refractivity contribution is 6.34. The molecule has 0 fully saturated rings. The average molecular weight is 409 g/mol. The first-order chi connectivity index (χ1) is 15.1. The smallest absolute Gasteiger partial charge is 0.266 e. The first-order valence-electron chi connectivity index (χ1n) is 9.50. The molecule has 0 saturated carbocycles. The van der Waals surface area contributed by atoms with E-state index in [9.17, 15) is 14.4 Å². The van der Waals surface area contributed by atoms with E-state index in [0.717, 1.165) is 10.5 Å². The number of benzene rings is 3. The van der Waals surface area contributed by atoms with Crippen LogP contribution in [-0.4, -0.2) is 22.7 Å². The van der Waals surface area contributed by atoms with Gasteiger partial charge in [0.15, 0.2) is 12.2 Å². The van der Waals surface area contributed by atoms with E-state index in [0.29, 0.717) is 33.8 Å².